The first kappa shape index (κ1) is 23.2. The summed E-state index contributed by atoms with van der Waals surface area (Å²) in [7, 11) is -3.78. The Balaban J connectivity index is 1.49. The van der Waals surface area contributed by atoms with Crippen molar-refractivity contribution in [2.45, 2.75) is 50.0 Å². The minimum atomic E-state index is -3.78. The highest BCUT2D eigenvalue weighted by molar-refractivity contribution is 7.89. The molecule has 1 saturated carbocycles. The standard InChI is InChI=1S/C23H28N4O5S/c28-23(18-8-9-18)25-19-7-5-6-17(14-19)16-24-21-11-10-20(15-22(21)27(29)30)33(31,32)26-12-3-1-2-4-13-26/h5-7,10-11,14-15,18,24H,1-4,8-9,12-13,16H2,(H,25,28). The van der Waals surface area contributed by atoms with E-state index in [9.17, 15) is 23.3 Å². The van der Waals surface area contributed by atoms with E-state index in [4.69, 9.17) is 0 Å². The van der Waals surface area contributed by atoms with Gasteiger partial charge in [-0.2, -0.15) is 4.31 Å². The van der Waals surface area contributed by atoms with E-state index in [2.05, 4.69) is 10.6 Å². The Morgan fingerprint density at radius 3 is 2.45 bits per heavy atom. The molecule has 33 heavy (non-hydrogen) atoms. The van der Waals surface area contributed by atoms with Gasteiger partial charge in [0.25, 0.3) is 5.69 Å². The van der Waals surface area contributed by atoms with Gasteiger partial charge in [0.1, 0.15) is 5.69 Å². The summed E-state index contributed by atoms with van der Waals surface area (Å²) in [5, 5.41) is 17.6. The van der Waals surface area contributed by atoms with E-state index < -0.39 is 14.9 Å². The Bertz CT molecular complexity index is 1140. The van der Waals surface area contributed by atoms with Gasteiger partial charge < -0.3 is 10.6 Å². The number of anilines is 2. The Morgan fingerprint density at radius 2 is 1.79 bits per heavy atom. The molecule has 1 amide bonds. The van der Waals surface area contributed by atoms with E-state index in [1.807, 2.05) is 18.2 Å². The van der Waals surface area contributed by atoms with Gasteiger partial charge in [-0.3, -0.25) is 14.9 Å². The zero-order valence-corrected chi connectivity index (χ0v) is 19.1. The molecule has 0 radical (unpaired) electrons. The minimum Gasteiger partial charge on any atom is -0.375 e. The fraction of sp³-hybridized carbons (Fsp3) is 0.435. The summed E-state index contributed by atoms with van der Waals surface area (Å²) < 4.78 is 27.5. The number of hydrogen-bond acceptors (Lipinski definition) is 6. The largest absolute Gasteiger partial charge is 0.375 e. The normalized spacial score (nSPS) is 17.2. The van der Waals surface area contributed by atoms with Crippen LogP contribution >= 0.6 is 0 Å². The van der Waals surface area contributed by atoms with Gasteiger partial charge in [-0.25, -0.2) is 8.42 Å². The van der Waals surface area contributed by atoms with Crippen LogP contribution in [0.25, 0.3) is 0 Å². The molecule has 9 nitrogen and oxygen atoms in total. The summed E-state index contributed by atoms with van der Waals surface area (Å²) in [6, 6.07) is 11.3. The topological polar surface area (TPSA) is 122 Å². The van der Waals surface area contributed by atoms with E-state index in [1.54, 1.807) is 6.07 Å². The van der Waals surface area contributed by atoms with Crippen molar-refractivity contribution in [1.29, 1.82) is 0 Å². The Morgan fingerprint density at radius 1 is 1.06 bits per heavy atom. The van der Waals surface area contributed by atoms with Crippen molar-refractivity contribution >= 4 is 33.0 Å². The van der Waals surface area contributed by atoms with E-state index >= 15 is 0 Å². The number of sulfonamides is 1. The zero-order valence-electron chi connectivity index (χ0n) is 18.3. The first-order valence-corrected chi connectivity index (χ1v) is 12.7. The number of amides is 1. The number of rotatable bonds is 8. The lowest BCUT2D eigenvalue weighted by atomic mass is 10.2. The zero-order chi connectivity index (χ0) is 23.4. The lowest BCUT2D eigenvalue weighted by Gasteiger charge is -2.20. The van der Waals surface area contributed by atoms with Crippen molar-refractivity contribution in [2.24, 2.45) is 5.92 Å². The third-order valence-corrected chi connectivity index (χ3v) is 7.89. The third kappa shape index (κ3) is 5.69. The van der Waals surface area contributed by atoms with Gasteiger partial charge in [0.15, 0.2) is 0 Å². The summed E-state index contributed by atoms with van der Waals surface area (Å²) in [4.78, 5) is 23.0. The average Bonchev–Trinajstić information content (AvgIpc) is 3.65. The van der Waals surface area contributed by atoms with Crippen molar-refractivity contribution in [3.05, 3.63) is 58.1 Å². The maximum Gasteiger partial charge on any atom is 0.293 e. The van der Waals surface area contributed by atoms with Gasteiger partial charge in [0.05, 0.1) is 9.82 Å². The lowest BCUT2D eigenvalue weighted by molar-refractivity contribution is -0.384. The SMILES string of the molecule is O=C(Nc1cccc(CNc2ccc(S(=O)(=O)N3CCCCCC3)cc2[N+](=O)[O-])c1)C1CC1. The maximum absolute atomic E-state index is 13.0. The summed E-state index contributed by atoms with van der Waals surface area (Å²) in [6.45, 7) is 1.15. The van der Waals surface area contributed by atoms with E-state index in [0.717, 1.165) is 50.2 Å². The number of nitro groups is 1. The number of benzene rings is 2. The van der Waals surface area contributed by atoms with Crippen molar-refractivity contribution in [3.63, 3.8) is 0 Å². The molecule has 2 aromatic rings. The second-order valence-electron chi connectivity index (χ2n) is 8.57. The molecular formula is C23H28N4O5S. The van der Waals surface area contributed by atoms with Crippen LogP contribution in [0.3, 0.4) is 0 Å². The van der Waals surface area contributed by atoms with Crippen LogP contribution in [-0.2, 0) is 21.4 Å². The van der Waals surface area contributed by atoms with Gasteiger partial charge in [-0.1, -0.05) is 25.0 Å². The first-order valence-electron chi connectivity index (χ1n) is 11.3. The molecule has 0 atom stereocenters. The van der Waals surface area contributed by atoms with Crippen molar-refractivity contribution in [1.82, 2.24) is 4.31 Å². The summed E-state index contributed by atoms with van der Waals surface area (Å²) >= 11 is 0. The van der Waals surface area contributed by atoms with E-state index in [-0.39, 0.29) is 34.6 Å². The quantitative estimate of drug-likeness (QED) is 0.440. The molecule has 1 saturated heterocycles. The highest BCUT2D eigenvalue weighted by Gasteiger charge is 2.30. The number of carbonyl (C=O) groups excluding carboxylic acids is 1. The lowest BCUT2D eigenvalue weighted by Crippen LogP contribution is -2.32. The monoisotopic (exact) mass is 472 g/mol. The minimum absolute atomic E-state index is 0.0111. The van der Waals surface area contributed by atoms with Crippen LogP contribution < -0.4 is 10.6 Å². The Kier molecular flexibility index (Phi) is 6.94. The van der Waals surface area contributed by atoms with Gasteiger partial charge >= 0.3 is 0 Å². The van der Waals surface area contributed by atoms with Crippen LogP contribution in [0.5, 0.6) is 0 Å². The molecule has 0 aromatic heterocycles. The number of nitro benzene ring substituents is 1. The molecule has 2 N–H and O–H groups in total. The summed E-state index contributed by atoms with van der Waals surface area (Å²) in [5.74, 6) is 0.107. The van der Waals surface area contributed by atoms with Gasteiger partial charge in [-0.15, -0.1) is 0 Å². The number of nitrogens with zero attached hydrogens (tertiary/aromatic N) is 2. The molecule has 2 aromatic carbocycles. The molecule has 0 unspecified atom stereocenters. The molecule has 1 aliphatic carbocycles. The summed E-state index contributed by atoms with van der Waals surface area (Å²) in [5.41, 5.74) is 1.46. The molecule has 2 aliphatic rings. The highest BCUT2D eigenvalue weighted by Crippen LogP contribution is 2.31. The Hall–Kier alpha value is -2.98. The van der Waals surface area contributed by atoms with Crippen molar-refractivity contribution in [3.8, 4) is 0 Å². The van der Waals surface area contributed by atoms with Crippen LogP contribution in [0, 0.1) is 16.0 Å². The first-order chi connectivity index (χ1) is 15.8. The van der Waals surface area contributed by atoms with Gasteiger partial charge in [-0.05, 0) is 55.5 Å². The smallest absolute Gasteiger partial charge is 0.293 e. The van der Waals surface area contributed by atoms with Crippen LogP contribution in [-0.4, -0.2) is 36.6 Å². The second kappa shape index (κ2) is 9.88. The fourth-order valence-electron chi connectivity index (χ4n) is 3.95. The predicted octanol–water partition coefficient (Wildman–Crippen LogP) is 4.12. The number of hydrogen-bond donors (Lipinski definition) is 2. The third-order valence-electron chi connectivity index (χ3n) is 5.99. The predicted molar refractivity (Wildman–Crippen MR) is 125 cm³/mol. The number of carbonyl (C=O) groups is 1. The van der Waals surface area contributed by atoms with E-state index in [1.165, 1.54) is 16.4 Å². The van der Waals surface area contributed by atoms with Gasteiger partial charge in [0, 0.05) is 37.3 Å². The molecule has 0 spiro atoms. The highest BCUT2D eigenvalue weighted by atomic mass is 32.2. The maximum atomic E-state index is 13.0. The average molecular weight is 473 g/mol. The van der Waals surface area contributed by atoms with Crippen molar-refractivity contribution < 1.29 is 18.1 Å². The number of nitrogens with one attached hydrogen (secondary N) is 2. The van der Waals surface area contributed by atoms with Gasteiger partial charge in [0.2, 0.25) is 15.9 Å². The van der Waals surface area contributed by atoms with Crippen LogP contribution in [0.2, 0.25) is 0 Å². The van der Waals surface area contributed by atoms with Crippen LogP contribution in [0.15, 0.2) is 47.4 Å². The van der Waals surface area contributed by atoms with Crippen LogP contribution in [0.4, 0.5) is 17.1 Å². The molecule has 1 heterocycles. The molecule has 176 valence electrons. The molecule has 2 fully saturated rings. The van der Waals surface area contributed by atoms with Crippen molar-refractivity contribution in [2.75, 3.05) is 23.7 Å². The second-order valence-corrected chi connectivity index (χ2v) is 10.5. The fourth-order valence-corrected chi connectivity index (χ4v) is 5.49. The molecule has 0 bridgehead atoms. The van der Waals surface area contributed by atoms with Crippen LogP contribution in [0.1, 0.15) is 44.1 Å². The molecule has 10 heteroatoms. The Labute approximate surface area is 193 Å². The summed E-state index contributed by atoms with van der Waals surface area (Å²) in [6.07, 6.45) is 5.39. The molecular weight excluding hydrogens is 444 g/mol. The van der Waals surface area contributed by atoms with E-state index in [0.29, 0.717) is 18.8 Å². The molecule has 1 aliphatic heterocycles. The molecule has 4 rings (SSSR count).